The van der Waals surface area contributed by atoms with Gasteiger partial charge < -0.3 is 15.0 Å². The van der Waals surface area contributed by atoms with Crippen LogP contribution in [0.15, 0.2) is 48.8 Å². The van der Waals surface area contributed by atoms with Gasteiger partial charge in [0.15, 0.2) is 11.6 Å². The Kier molecular flexibility index (Phi) is 5.78. The molecule has 1 spiro atoms. The molecule has 1 aliphatic heterocycles. The molecule has 33 heavy (non-hydrogen) atoms. The van der Waals surface area contributed by atoms with E-state index in [1.807, 2.05) is 0 Å². The molecule has 1 aromatic carbocycles. The number of halogens is 3. The van der Waals surface area contributed by atoms with Crippen molar-refractivity contribution < 1.29 is 17.9 Å². The molecule has 9 heteroatoms. The van der Waals surface area contributed by atoms with Gasteiger partial charge >= 0.3 is 6.61 Å². The van der Waals surface area contributed by atoms with Crippen molar-refractivity contribution in [1.82, 2.24) is 15.2 Å². The number of piperidine rings is 1. The summed E-state index contributed by atoms with van der Waals surface area (Å²) in [6.07, 6.45) is 9.06. The minimum Gasteiger partial charge on any atom is -0.435 e. The Morgan fingerprint density at radius 1 is 0.970 bits per heavy atom. The number of rotatable bonds is 6. The lowest BCUT2D eigenvalue weighted by molar-refractivity contribution is -0.0498. The van der Waals surface area contributed by atoms with Gasteiger partial charge in [-0.15, -0.1) is 5.10 Å². The van der Waals surface area contributed by atoms with Crippen molar-refractivity contribution in [2.75, 3.05) is 23.3 Å². The maximum atomic E-state index is 14.5. The third-order valence-corrected chi connectivity index (χ3v) is 6.73. The first-order valence-corrected chi connectivity index (χ1v) is 11.1. The molecule has 1 saturated carbocycles. The summed E-state index contributed by atoms with van der Waals surface area (Å²) in [7, 11) is 0. The largest absolute Gasteiger partial charge is 0.435 e. The molecule has 0 atom stereocenters. The van der Waals surface area contributed by atoms with Crippen molar-refractivity contribution in [3.63, 3.8) is 0 Å². The van der Waals surface area contributed by atoms with E-state index in [9.17, 15) is 13.2 Å². The molecule has 0 radical (unpaired) electrons. The van der Waals surface area contributed by atoms with Crippen molar-refractivity contribution in [2.45, 2.75) is 38.7 Å². The van der Waals surface area contributed by atoms with Gasteiger partial charge in [-0.2, -0.15) is 13.9 Å². The summed E-state index contributed by atoms with van der Waals surface area (Å²) < 4.78 is 43.6. The van der Waals surface area contributed by atoms with Crippen LogP contribution in [0.25, 0.3) is 11.1 Å². The molecule has 2 aromatic heterocycles. The van der Waals surface area contributed by atoms with E-state index in [1.165, 1.54) is 37.6 Å². The highest BCUT2D eigenvalue weighted by Gasteiger charge is 2.39. The van der Waals surface area contributed by atoms with E-state index >= 15 is 0 Å². The summed E-state index contributed by atoms with van der Waals surface area (Å²) in [5.74, 6) is 0.698. The SMILES string of the molecule is Fc1cnc(N2CCC3(CCC3)CC2)cc1Nc1cc(-c2ccc(OC(F)F)cc2)cnn1. The lowest BCUT2D eigenvalue weighted by Gasteiger charge is -2.48. The van der Waals surface area contributed by atoms with Crippen molar-refractivity contribution in [1.29, 1.82) is 0 Å². The number of nitrogens with zero attached hydrogens (tertiary/aromatic N) is 4. The highest BCUT2D eigenvalue weighted by molar-refractivity contribution is 5.69. The maximum absolute atomic E-state index is 14.5. The molecule has 0 unspecified atom stereocenters. The number of benzene rings is 1. The summed E-state index contributed by atoms with van der Waals surface area (Å²) in [6, 6.07) is 9.63. The molecule has 5 rings (SSSR count). The van der Waals surface area contributed by atoms with Gasteiger partial charge in [0.1, 0.15) is 11.6 Å². The molecule has 1 N–H and O–H groups in total. The number of nitrogens with one attached hydrogen (secondary N) is 1. The number of pyridine rings is 1. The maximum Gasteiger partial charge on any atom is 0.387 e. The molecule has 3 heterocycles. The van der Waals surface area contributed by atoms with Crippen LogP contribution < -0.4 is 15.0 Å². The molecule has 1 saturated heterocycles. The fraction of sp³-hybridized carbons (Fsp3) is 0.375. The van der Waals surface area contributed by atoms with E-state index in [0.29, 0.717) is 16.8 Å². The van der Waals surface area contributed by atoms with E-state index in [4.69, 9.17) is 0 Å². The van der Waals surface area contributed by atoms with Gasteiger partial charge in [0.25, 0.3) is 0 Å². The molecule has 1 aliphatic carbocycles. The lowest BCUT2D eigenvalue weighted by atomic mass is 9.63. The predicted molar refractivity (Wildman–Crippen MR) is 119 cm³/mol. The van der Waals surface area contributed by atoms with Gasteiger partial charge in [0.2, 0.25) is 0 Å². The zero-order valence-corrected chi connectivity index (χ0v) is 18.0. The van der Waals surface area contributed by atoms with E-state index < -0.39 is 12.4 Å². The topological polar surface area (TPSA) is 63.2 Å². The number of alkyl halides is 2. The van der Waals surface area contributed by atoms with Gasteiger partial charge in [-0.3, -0.25) is 0 Å². The first-order chi connectivity index (χ1) is 16.0. The molecule has 2 aliphatic rings. The average Bonchev–Trinajstić information content (AvgIpc) is 2.80. The molecule has 6 nitrogen and oxygen atoms in total. The second kappa shape index (κ2) is 8.88. The molecular weight excluding hydrogens is 431 g/mol. The van der Waals surface area contributed by atoms with Gasteiger partial charge in [0, 0.05) is 24.7 Å². The molecular formula is C24H24F3N5O. The predicted octanol–water partition coefficient (Wildman–Crippen LogP) is 5.79. The molecule has 172 valence electrons. The van der Waals surface area contributed by atoms with Crippen LogP contribution in [-0.4, -0.2) is 34.9 Å². The second-order valence-electron chi connectivity index (χ2n) is 8.72. The Hall–Kier alpha value is -3.36. The van der Waals surface area contributed by atoms with Crippen LogP contribution in [0.4, 0.5) is 30.5 Å². The lowest BCUT2D eigenvalue weighted by Crippen LogP contribution is -2.43. The summed E-state index contributed by atoms with van der Waals surface area (Å²) in [5.41, 5.74) is 2.24. The monoisotopic (exact) mass is 455 g/mol. The second-order valence-corrected chi connectivity index (χ2v) is 8.72. The Labute approximate surface area is 189 Å². The van der Waals surface area contributed by atoms with Crippen LogP contribution in [0.3, 0.4) is 0 Å². The van der Waals surface area contributed by atoms with Crippen LogP contribution in [0.2, 0.25) is 0 Å². The van der Waals surface area contributed by atoms with Gasteiger partial charge in [0.05, 0.1) is 18.1 Å². The van der Waals surface area contributed by atoms with Crippen molar-refractivity contribution >= 4 is 17.3 Å². The first kappa shape index (κ1) is 21.5. The number of hydrogen-bond donors (Lipinski definition) is 1. The smallest absolute Gasteiger partial charge is 0.387 e. The minimum absolute atomic E-state index is 0.0708. The average molecular weight is 455 g/mol. The fourth-order valence-corrected chi connectivity index (χ4v) is 4.64. The number of ether oxygens (including phenoxy) is 1. The van der Waals surface area contributed by atoms with E-state index in [1.54, 1.807) is 30.5 Å². The van der Waals surface area contributed by atoms with Crippen molar-refractivity contribution in [3.05, 3.63) is 54.6 Å². The summed E-state index contributed by atoms with van der Waals surface area (Å²) >= 11 is 0. The van der Waals surface area contributed by atoms with E-state index in [0.717, 1.165) is 37.3 Å². The Morgan fingerprint density at radius 2 is 1.73 bits per heavy atom. The minimum atomic E-state index is -2.88. The summed E-state index contributed by atoms with van der Waals surface area (Å²) in [5, 5.41) is 11.0. The number of anilines is 3. The highest BCUT2D eigenvalue weighted by atomic mass is 19.3. The summed E-state index contributed by atoms with van der Waals surface area (Å²) in [4.78, 5) is 6.51. The molecule has 2 fully saturated rings. The van der Waals surface area contributed by atoms with E-state index in [2.05, 4.69) is 30.1 Å². The van der Waals surface area contributed by atoms with Gasteiger partial charge in [-0.1, -0.05) is 18.6 Å². The van der Waals surface area contributed by atoms with E-state index in [-0.39, 0.29) is 11.4 Å². The Morgan fingerprint density at radius 3 is 2.39 bits per heavy atom. The van der Waals surface area contributed by atoms with Gasteiger partial charge in [-0.05, 0) is 54.9 Å². The normalized spacial score (nSPS) is 17.2. The quantitative estimate of drug-likeness (QED) is 0.507. The molecule has 0 amide bonds. The highest BCUT2D eigenvalue weighted by Crippen LogP contribution is 2.49. The van der Waals surface area contributed by atoms with Crippen LogP contribution in [0.1, 0.15) is 32.1 Å². The molecule has 0 bridgehead atoms. The van der Waals surface area contributed by atoms with Crippen molar-refractivity contribution in [3.8, 4) is 16.9 Å². The fourth-order valence-electron chi connectivity index (χ4n) is 4.64. The Balaban J connectivity index is 1.30. The van der Waals surface area contributed by atoms with Crippen LogP contribution in [-0.2, 0) is 0 Å². The third kappa shape index (κ3) is 4.72. The third-order valence-electron chi connectivity index (χ3n) is 6.73. The van der Waals surface area contributed by atoms with Crippen LogP contribution in [0.5, 0.6) is 5.75 Å². The van der Waals surface area contributed by atoms with Crippen LogP contribution in [0, 0.1) is 11.2 Å². The van der Waals surface area contributed by atoms with Crippen molar-refractivity contribution in [2.24, 2.45) is 5.41 Å². The first-order valence-electron chi connectivity index (χ1n) is 11.1. The number of aromatic nitrogens is 3. The molecule has 3 aromatic rings. The van der Waals surface area contributed by atoms with Gasteiger partial charge in [-0.25, -0.2) is 9.37 Å². The zero-order valence-electron chi connectivity index (χ0n) is 18.0. The number of hydrogen-bond acceptors (Lipinski definition) is 6. The summed E-state index contributed by atoms with van der Waals surface area (Å²) in [6.45, 7) is -1.02. The zero-order chi connectivity index (χ0) is 22.8. The van der Waals surface area contributed by atoms with Crippen LogP contribution >= 0.6 is 0 Å². The standard InChI is InChI=1S/C24H24F3N5O/c25-19-15-28-22(32-10-8-24(9-11-32)6-1-7-24)13-20(19)30-21-12-17(14-29-31-21)16-2-4-18(5-3-16)33-23(26)27/h2-5,12-15,23H,1,6-11H2,(H,28,30,31). The Bertz CT molecular complexity index is 1110.